The third-order valence-corrected chi connectivity index (χ3v) is 6.65. The highest BCUT2D eigenvalue weighted by Crippen LogP contribution is 2.41. The molecule has 0 aromatic heterocycles. The average molecular weight is 370 g/mol. The van der Waals surface area contributed by atoms with E-state index in [9.17, 15) is 8.78 Å². The molecule has 2 aliphatic rings. The third kappa shape index (κ3) is 3.44. The standard InChI is InChI=1S/C24H25F3/c1-2-15-6-8-16(9-7-15)17-10-12-19-18(14-17)11-13-21(23(19)26)20-4-3-5-22(25)24(20)27/h2-5,11,13,15-17H,1,6-10,12,14H2. The molecule has 142 valence electrons. The first-order valence-electron chi connectivity index (χ1n) is 9.95. The van der Waals surface area contributed by atoms with Crippen molar-refractivity contribution >= 4 is 0 Å². The van der Waals surface area contributed by atoms with Crippen LogP contribution >= 0.6 is 0 Å². The summed E-state index contributed by atoms with van der Waals surface area (Å²) in [6.45, 7) is 3.91. The summed E-state index contributed by atoms with van der Waals surface area (Å²) in [5.41, 5.74) is 1.89. The monoisotopic (exact) mass is 370 g/mol. The average Bonchev–Trinajstić information content (AvgIpc) is 2.70. The molecule has 0 amide bonds. The van der Waals surface area contributed by atoms with E-state index in [1.54, 1.807) is 6.07 Å². The maximum absolute atomic E-state index is 15.1. The van der Waals surface area contributed by atoms with Gasteiger partial charge in [-0.2, -0.15) is 0 Å². The highest BCUT2D eigenvalue weighted by Gasteiger charge is 2.31. The van der Waals surface area contributed by atoms with Crippen LogP contribution in [0.5, 0.6) is 0 Å². The molecule has 0 N–H and O–H groups in total. The van der Waals surface area contributed by atoms with Gasteiger partial charge in [-0.3, -0.25) is 0 Å². The molecule has 2 aliphatic carbocycles. The topological polar surface area (TPSA) is 0 Å². The SMILES string of the molecule is C=CC1CCC(C2CCc3c(ccc(-c4cccc(F)c4F)c3F)C2)CC1. The van der Waals surface area contributed by atoms with Gasteiger partial charge in [-0.15, -0.1) is 6.58 Å². The Labute approximate surface area is 159 Å². The first kappa shape index (κ1) is 18.3. The highest BCUT2D eigenvalue weighted by atomic mass is 19.2. The second kappa shape index (κ2) is 7.53. The van der Waals surface area contributed by atoms with Crippen molar-refractivity contribution in [1.82, 2.24) is 0 Å². The fraction of sp³-hybridized carbons (Fsp3) is 0.417. The van der Waals surface area contributed by atoms with Crippen LogP contribution in [0, 0.1) is 35.2 Å². The van der Waals surface area contributed by atoms with Gasteiger partial charge in [0.05, 0.1) is 0 Å². The molecule has 27 heavy (non-hydrogen) atoms. The van der Waals surface area contributed by atoms with Crippen molar-refractivity contribution in [2.24, 2.45) is 17.8 Å². The maximum Gasteiger partial charge on any atom is 0.166 e. The van der Waals surface area contributed by atoms with E-state index in [1.807, 2.05) is 6.07 Å². The predicted molar refractivity (Wildman–Crippen MR) is 103 cm³/mol. The lowest BCUT2D eigenvalue weighted by Gasteiger charge is -2.36. The van der Waals surface area contributed by atoms with Gasteiger partial charge in [0.2, 0.25) is 0 Å². The van der Waals surface area contributed by atoms with Crippen LogP contribution in [0.1, 0.15) is 43.2 Å². The minimum absolute atomic E-state index is 0.000158. The molecular formula is C24H25F3. The first-order chi connectivity index (χ1) is 13.1. The van der Waals surface area contributed by atoms with Gasteiger partial charge >= 0.3 is 0 Å². The number of fused-ring (bicyclic) bond motifs is 1. The van der Waals surface area contributed by atoms with E-state index in [0.29, 0.717) is 29.7 Å². The summed E-state index contributed by atoms with van der Waals surface area (Å²) in [4.78, 5) is 0. The Morgan fingerprint density at radius 1 is 0.815 bits per heavy atom. The van der Waals surface area contributed by atoms with Crippen molar-refractivity contribution < 1.29 is 13.2 Å². The summed E-state index contributed by atoms with van der Waals surface area (Å²) >= 11 is 0. The van der Waals surface area contributed by atoms with E-state index in [1.165, 1.54) is 37.8 Å². The Balaban J connectivity index is 1.57. The van der Waals surface area contributed by atoms with Crippen molar-refractivity contribution in [3.8, 4) is 11.1 Å². The van der Waals surface area contributed by atoms with E-state index >= 15 is 4.39 Å². The van der Waals surface area contributed by atoms with Crippen LogP contribution in [-0.4, -0.2) is 0 Å². The van der Waals surface area contributed by atoms with Crippen molar-refractivity contribution in [3.63, 3.8) is 0 Å². The van der Waals surface area contributed by atoms with Crippen molar-refractivity contribution in [2.75, 3.05) is 0 Å². The van der Waals surface area contributed by atoms with E-state index in [2.05, 4.69) is 12.7 Å². The van der Waals surface area contributed by atoms with Crippen LogP contribution in [0.25, 0.3) is 11.1 Å². The molecule has 2 aromatic carbocycles. The van der Waals surface area contributed by atoms with Crippen LogP contribution in [-0.2, 0) is 12.8 Å². The molecule has 1 fully saturated rings. The van der Waals surface area contributed by atoms with Gasteiger partial charge in [0.1, 0.15) is 5.82 Å². The van der Waals surface area contributed by atoms with Gasteiger partial charge in [-0.25, -0.2) is 13.2 Å². The fourth-order valence-corrected chi connectivity index (χ4v) is 5.01. The lowest BCUT2D eigenvalue weighted by molar-refractivity contribution is 0.205. The molecular weight excluding hydrogens is 345 g/mol. The number of hydrogen-bond donors (Lipinski definition) is 0. The summed E-state index contributed by atoms with van der Waals surface area (Å²) in [6.07, 6.45) is 9.50. The van der Waals surface area contributed by atoms with Gasteiger partial charge in [0.25, 0.3) is 0 Å². The smallest absolute Gasteiger partial charge is 0.166 e. The summed E-state index contributed by atoms with van der Waals surface area (Å²) in [7, 11) is 0. The van der Waals surface area contributed by atoms with Gasteiger partial charge in [0, 0.05) is 11.1 Å². The van der Waals surface area contributed by atoms with Gasteiger partial charge in [0.15, 0.2) is 11.6 Å². The summed E-state index contributed by atoms with van der Waals surface area (Å²) in [6, 6.07) is 7.44. The van der Waals surface area contributed by atoms with Gasteiger partial charge < -0.3 is 0 Å². The van der Waals surface area contributed by atoms with Crippen LogP contribution in [0.15, 0.2) is 43.0 Å². The minimum Gasteiger partial charge on any atom is -0.206 e. The van der Waals surface area contributed by atoms with E-state index in [-0.39, 0.29) is 16.9 Å². The maximum atomic E-state index is 15.1. The Morgan fingerprint density at radius 3 is 2.30 bits per heavy atom. The van der Waals surface area contributed by atoms with Crippen LogP contribution < -0.4 is 0 Å². The Bertz CT molecular complexity index is 847. The van der Waals surface area contributed by atoms with Crippen molar-refractivity contribution in [3.05, 3.63) is 71.6 Å². The molecule has 1 saturated carbocycles. The predicted octanol–water partition coefficient (Wildman–Crippen LogP) is 6.87. The largest absolute Gasteiger partial charge is 0.206 e. The minimum atomic E-state index is -0.982. The Hall–Kier alpha value is -2.03. The van der Waals surface area contributed by atoms with Crippen molar-refractivity contribution in [2.45, 2.75) is 44.9 Å². The van der Waals surface area contributed by atoms with E-state index < -0.39 is 11.6 Å². The number of hydrogen-bond acceptors (Lipinski definition) is 0. The quantitative estimate of drug-likeness (QED) is 0.517. The highest BCUT2D eigenvalue weighted by molar-refractivity contribution is 5.67. The molecule has 0 aliphatic heterocycles. The first-order valence-corrected chi connectivity index (χ1v) is 9.95. The zero-order valence-electron chi connectivity index (χ0n) is 15.5. The van der Waals surface area contributed by atoms with Gasteiger partial charge in [-0.05, 0) is 79.9 Å². The molecule has 2 aromatic rings. The molecule has 0 spiro atoms. The lowest BCUT2D eigenvalue weighted by atomic mass is 9.69. The second-order valence-electron chi connectivity index (χ2n) is 8.08. The summed E-state index contributed by atoms with van der Waals surface area (Å²) in [5.74, 6) is -0.356. The number of benzene rings is 2. The van der Waals surface area contributed by atoms with Crippen LogP contribution in [0.3, 0.4) is 0 Å². The number of halogens is 3. The molecule has 1 atom stereocenters. The lowest BCUT2D eigenvalue weighted by Crippen LogP contribution is -2.26. The normalized spacial score (nSPS) is 25.1. The van der Waals surface area contributed by atoms with Gasteiger partial charge in [-0.1, -0.05) is 30.3 Å². The Morgan fingerprint density at radius 2 is 1.56 bits per heavy atom. The fourth-order valence-electron chi connectivity index (χ4n) is 5.01. The number of rotatable bonds is 3. The third-order valence-electron chi connectivity index (χ3n) is 6.65. The molecule has 0 nitrogen and oxygen atoms in total. The molecule has 4 rings (SSSR count). The van der Waals surface area contributed by atoms with Crippen LogP contribution in [0.4, 0.5) is 13.2 Å². The zero-order chi connectivity index (χ0) is 19.0. The van der Waals surface area contributed by atoms with Crippen molar-refractivity contribution in [1.29, 1.82) is 0 Å². The molecule has 3 heteroatoms. The van der Waals surface area contributed by atoms with E-state index in [4.69, 9.17) is 0 Å². The molecule has 0 saturated heterocycles. The summed E-state index contributed by atoms with van der Waals surface area (Å²) < 4.78 is 42.8. The summed E-state index contributed by atoms with van der Waals surface area (Å²) in [5, 5.41) is 0. The van der Waals surface area contributed by atoms with Crippen LogP contribution in [0.2, 0.25) is 0 Å². The molecule has 0 bridgehead atoms. The molecule has 0 heterocycles. The number of allylic oxidation sites excluding steroid dienone is 1. The Kier molecular flexibility index (Phi) is 5.12. The second-order valence-corrected chi connectivity index (χ2v) is 8.08. The van der Waals surface area contributed by atoms with E-state index in [0.717, 1.165) is 24.5 Å². The molecule has 1 unspecified atom stereocenters. The molecule has 0 radical (unpaired) electrons. The zero-order valence-corrected chi connectivity index (χ0v) is 15.5.